The minimum absolute atomic E-state index is 0.138. The lowest BCUT2D eigenvalue weighted by Gasteiger charge is -2.42. The molecule has 2 amide bonds. The maximum atomic E-state index is 13.3. The van der Waals surface area contributed by atoms with E-state index in [1.165, 1.54) is 0 Å². The van der Waals surface area contributed by atoms with Gasteiger partial charge in [0.1, 0.15) is 5.78 Å². The number of amides is 2. The zero-order chi connectivity index (χ0) is 22.6. The molecule has 1 atom stereocenters. The average Bonchev–Trinajstić information content (AvgIpc) is 2.84. The topological polar surface area (TPSA) is 70.2 Å². The predicted octanol–water partition coefficient (Wildman–Crippen LogP) is 1.71. The van der Waals surface area contributed by atoms with Crippen molar-refractivity contribution < 1.29 is 19.1 Å². The van der Waals surface area contributed by atoms with Crippen LogP contribution in [-0.2, 0) is 24.5 Å². The van der Waals surface area contributed by atoms with Gasteiger partial charge < -0.3 is 14.5 Å². The molecule has 32 heavy (non-hydrogen) atoms. The lowest BCUT2D eigenvalue weighted by molar-refractivity contribution is -0.145. The highest BCUT2D eigenvalue weighted by molar-refractivity contribution is 5.89. The van der Waals surface area contributed by atoms with Crippen LogP contribution in [-0.4, -0.2) is 91.3 Å². The van der Waals surface area contributed by atoms with E-state index in [9.17, 15) is 14.4 Å². The standard InChI is InChI=1S/C25H35N3O4/c1-20(29)25(22-5-3-2-4-6-22)9-11-27(12-10-25)24(31)21-7-8-23(30)28(19-21)14-13-26-15-17-32-18-16-26/h2-6,21H,7-19H2,1H3/t21-/m0/s1. The number of Topliss-reactive ketones (excluding diaryl/α,β-unsaturated/α-hetero) is 1. The van der Waals surface area contributed by atoms with Crippen LogP contribution in [0.15, 0.2) is 30.3 Å². The summed E-state index contributed by atoms with van der Waals surface area (Å²) in [5, 5.41) is 0. The van der Waals surface area contributed by atoms with Gasteiger partial charge in [-0.3, -0.25) is 19.3 Å². The van der Waals surface area contributed by atoms with Crippen molar-refractivity contribution in [3.05, 3.63) is 35.9 Å². The summed E-state index contributed by atoms with van der Waals surface area (Å²) in [7, 11) is 0. The number of morpholine rings is 1. The zero-order valence-electron chi connectivity index (χ0n) is 19.1. The fraction of sp³-hybridized carbons (Fsp3) is 0.640. The van der Waals surface area contributed by atoms with Crippen LogP contribution in [0.3, 0.4) is 0 Å². The van der Waals surface area contributed by atoms with E-state index in [0.29, 0.717) is 51.9 Å². The number of ketones is 1. The van der Waals surface area contributed by atoms with Crippen LogP contribution in [0.1, 0.15) is 38.2 Å². The van der Waals surface area contributed by atoms with E-state index in [0.717, 1.165) is 38.4 Å². The average molecular weight is 442 g/mol. The molecule has 7 heteroatoms. The molecule has 3 aliphatic rings. The van der Waals surface area contributed by atoms with Gasteiger partial charge >= 0.3 is 0 Å². The monoisotopic (exact) mass is 441 g/mol. The lowest BCUT2D eigenvalue weighted by Crippen LogP contribution is -2.53. The number of ether oxygens (including phenoxy) is 1. The summed E-state index contributed by atoms with van der Waals surface area (Å²) in [5.74, 6) is 0.326. The second kappa shape index (κ2) is 10.1. The molecule has 0 aromatic heterocycles. The number of benzene rings is 1. The van der Waals surface area contributed by atoms with E-state index < -0.39 is 5.41 Å². The highest BCUT2D eigenvalue weighted by atomic mass is 16.5. The third-order valence-electron chi connectivity index (χ3n) is 7.57. The van der Waals surface area contributed by atoms with Crippen LogP contribution in [0.25, 0.3) is 0 Å². The van der Waals surface area contributed by atoms with Gasteiger partial charge in [0.05, 0.1) is 24.5 Å². The van der Waals surface area contributed by atoms with Crippen molar-refractivity contribution in [2.24, 2.45) is 5.92 Å². The minimum Gasteiger partial charge on any atom is -0.379 e. The molecule has 3 aliphatic heterocycles. The number of rotatable bonds is 6. The molecule has 0 saturated carbocycles. The number of piperidine rings is 2. The second-order valence-corrected chi connectivity index (χ2v) is 9.36. The van der Waals surface area contributed by atoms with Crippen LogP contribution in [0, 0.1) is 5.92 Å². The lowest BCUT2D eigenvalue weighted by atomic mass is 9.70. The second-order valence-electron chi connectivity index (χ2n) is 9.36. The molecular weight excluding hydrogens is 406 g/mol. The minimum atomic E-state index is -0.495. The Morgan fingerprint density at radius 2 is 1.72 bits per heavy atom. The van der Waals surface area contributed by atoms with Crippen LogP contribution in [0.4, 0.5) is 0 Å². The van der Waals surface area contributed by atoms with Crippen molar-refractivity contribution in [2.75, 3.05) is 59.0 Å². The third kappa shape index (κ3) is 4.89. The summed E-state index contributed by atoms with van der Waals surface area (Å²) >= 11 is 0. The molecule has 0 spiro atoms. The summed E-state index contributed by atoms with van der Waals surface area (Å²) in [6.45, 7) is 8.15. The molecule has 0 N–H and O–H groups in total. The van der Waals surface area contributed by atoms with Crippen LogP contribution in [0.2, 0.25) is 0 Å². The molecule has 0 bridgehead atoms. The van der Waals surface area contributed by atoms with Crippen molar-refractivity contribution in [1.82, 2.24) is 14.7 Å². The van der Waals surface area contributed by atoms with Gasteiger partial charge in [-0.15, -0.1) is 0 Å². The Labute approximate surface area is 190 Å². The van der Waals surface area contributed by atoms with E-state index in [1.807, 2.05) is 40.1 Å². The third-order valence-corrected chi connectivity index (χ3v) is 7.57. The van der Waals surface area contributed by atoms with Gasteiger partial charge in [-0.25, -0.2) is 0 Å². The number of carbonyl (C=O) groups excluding carboxylic acids is 3. The van der Waals surface area contributed by atoms with E-state index >= 15 is 0 Å². The fourth-order valence-corrected chi connectivity index (χ4v) is 5.39. The largest absolute Gasteiger partial charge is 0.379 e. The Bertz CT molecular complexity index is 814. The van der Waals surface area contributed by atoms with Gasteiger partial charge in [-0.05, 0) is 31.7 Å². The smallest absolute Gasteiger partial charge is 0.227 e. The Balaban J connectivity index is 1.34. The first-order chi connectivity index (χ1) is 15.5. The number of carbonyl (C=O) groups is 3. The molecule has 0 unspecified atom stereocenters. The quantitative estimate of drug-likeness (QED) is 0.672. The molecule has 0 aliphatic carbocycles. The number of hydrogen-bond acceptors (Lipinski definition) is 5. The molecule has 3 saturated heterocycles. The maximum absolute atomic E-state index is 13.3. The maximum Gasteiger partial charge on any atom is 0.227 e. The molecule has 3 fully saturated rings. The van der Waals surface area contributed by atoms with Gasteiger partial charge in [0, 0.05) is 52.2 Å². The first-order valence-corrected chi connectivity index (χ1v) is 11.9. The summed E-state index contributed by atoms with van der Waals surface area (Å²) in [4.78, 5) is 44.5. The van der Waals surface area contributed by atoms with Crippen LogP contribution in [0.5, 0.6) is 0 Å². The Morgan fingerprint density at radius 3 is 2.38 bits per heavy atom. The van der Waals surface area contributed by atoms with Crippen molar-refractivity contribution in [3.8, 4) is 0 Å². The summed E-state index contributed by atoms with van der Waals surface area (Å²) in [6, 6.07) is 9.96. The molecule has 3 heterocycles. The van der Waals surface area contributed by atoms with E-state index in [4.69, 9.17) is 4.74 Å². The highest BCUT2D eigenvalue weighted by Gasteiger charge is 2.42. The van der Waals surface area contributed by atoms with Crippen LogP contribution < -0.4 is 0 Å². The zero-order valence-corrected chi connectivity index (χ0v) is 19.1. The van der Waals surface area contributed by atoms with Crippen molar-refractivity contribution >= 4 is 17.6 Å². The molecule has 7 nitrogen and oxygen atoms in total. The van der Waals surface area contributed by atoms with Gasteiger partial charge in [0.15, 0.2) is 0 Å². The fourth-order valence-electron chi connectivity index (χ4n) is 5.39. The van der Waals surface area contributed by atoms with Crippen LogP contribution >= 0.6 is 0 Å². The normalized spacial score (nSPS) is 24.4. The molecule has 1 aromatic rings. The Kier molecular flexibility index (Phi) is 7.26. The van der Waals surface area contributed by atoms with Gasteiger partial charge in [0.2, 0.25) is 11.8 Å². The van der Waals surface area contributed by atoms with Crippen molar-refractivity contribution in [3.63, 3.8) is 0 Å². The number of hydrogen-bond donors (Lipinski definition) is 0. The number of nitrogens with zero attached hydrogens (tertiary/aromatic N) is 3. The Hall–Kier alpha value is -2.25. The van der Waals surface area contributed by atoms with Crippen molar-refractivity contribution in [2.45, 2.75) is 38.0 Å². The Morgan fingerprint density at radius 1 is 1.03 bits per heavy atom. The number of likely N-dealkylation sites (tertiary alicyclic amines) is 2. The summed E-state index contributed by atoms with van der Waals surface area (Å²) < 4.78 is 5.39. The summed E-state index contributed by atoms with van der Waals surface area (Å²) in [5.41, 5.74) is 0.558. The molecule has 174 valence electrons. The SMILES string of the molecule is CC(=O)C1(c2ccccc2)CCN(C(=O)[C@H]2CCC(=O)N(CCN3CCOCC3)C2)CC1. The molecule has 0 radical (unpaired) electrons. The first-order valence-electron chi connectivity index (χ1n) is 11.9. The predicted molar refractivity (Wildman–Crippen MR) is 121 cm³/mol. The van der Waals surface area contributed by atoms with E-state index in [2.05, 4.69) is 4.90 Å². The molecular formula is C25H35N3O4. The van der Waals surface area contributed by atoms with Crippen molar-refractivity contribution in [1.29, 1.82) is 0 Å². The van der Waals surface area contributed by atoms with E-state index in [-0.39, 0.29) is 23.5 Å². The van der Waals surface area contributed by atoms with Gasteiger partial charge in [0.25, 0.3) is 0 Å². The summed E-state index contributed by atoms with van der Waals surface area (Å²) in [6.07, 6.45) is 2.38. The molecule has 1 aromatic carbocycles. The van der Waals surface area contributed by atoms with Gasteiger partial charge in [-0.1, -0.05) is 30.3 Å². The molecule has 4 rings (SSSR count). The highest BCUT2D eigenvalue weighted by Crippen LogP contribution is 2.37. The first kappa shape index (κ1) is 22.9. The van der Waals surface area contributed by atoms with Gasteiger partial charge in [-0.2, -0.15) is 0 Å². The van der Waals surface area contributed by atoms with E-state index in [1.54, 1.807) is 6.92 Å².